The van der Waals surface area contributed by atoms with Gasteiger partial charge in [0.25, 0.3) is 5.56 Å². The Balaban J connectivity index is 1.42. The first-order valence-electron chi connectivity index (χ1n) is 10.6. The normalized spacial score (nSPS) is 11.2. The van der Waals surface area contributed by atoms with Gasteiger partial charge in [0.15, 0.2) is 0 Å². The van der Waals surface area contributed by atoms with E-state index in [1.54, 1.807) is 31.3 Å². The molecule has 0 unspecified atom stereocenters. The summed E-state index contributed by atoms with van der Waals surface area (Å²) in [7, 11) is 1.58. The van der Waals surface area contributed by atoms with Crippen molar-refractivity contribution in [1.82, 2.24) is 14.3 Å². The Morgan fingerprint density at radius 3 is 2.58 bits per heavy atom. The number of nitrogens with one attached hydrogen (secondary N) is 1. The van der Waals surface area contributed by atoms with Crippen molar-refractivity contribution in [1.29, 1.82) is 0 Å². The predicted molar refractivity (Wildman–Crippen MR) is 127 cm³/mol. The van der Waals surface area contributed by atoms with Gasteiger partial charge in [0.1, 0.15) is 5.82 Å². The Bertz CT molecular complexity index is 1570. The van der Waals surface area contributed by atoms with E-state index >= 15 is 0 Å². The Hall–Kier alpha value is -4.26. The lowest BCUT2D eigenvalue weighted by Gasteiger charge is -2.10. The van der Waals surface area contributed by atoms with E-state index in [9.17, 15) is 14.0 Å². The van der Waals surface area contributed by atoms with Gasteiger partial charge in [-0.25, -0.2) is 9.07 Å². The van der Waals surface area contributed by atoms with Gasteiger partial charge in [-0.05, 0) is 42.0 Å². The average molecular weight is 440 g/mol. The van der Waals surface area contributed by atoms with Crippen molar-refractivity contribution in [2.75, 3.05) is 5.32 Å². The fourth-order valence-corrected chi connectivity index (χ4v) is 4.16. The van der Waals surface area contributed by atoms with Crippen LogP contribution in [0.1, 0.15) is 11.3 Å². The number of hydrogen-bond acceptors (Lipinski definition) is 3. The topological polar surface area (TPSA) is 68.9 Å². The maximum absolute atomic E-state index is 13.6. The van der Waals surface area contributed by atoms with Crippen LogP contribution in [0.25, 0.3) is 21.7 Å². The molecule has 0 saturated heterocycles. The zero-order valence-electron chi connectivity index (χ0n) is 18.0. The Morgan fingerprint density at radius 1 is 0.970 bits per heavy atom. The van der Waals surface area contributed by atoms with Crippen molar-refractivity contribution >= 4 is 33.3 Å². The molecule has 0 spiro atoms. The Kier molecular flexibility index (Phi) is 5.22. The molecule has 2 aromatic heterocycles. The van der Waals surface area contributed by atoms with E-state index in [0.717, 1.165) is 16.5 Å². The van der Waals surface area contributed by atoms with Crippen LogP contribution in [0.5, 0.6) is 0 Å². The number of halogens is 1. The Morgan fingerprint density at radius 2 is 1.76 bits per heavy atom. The molecular weight excluding hydrogens is 419 g/mol. The minimum absolute atomic E-state index is 0.0367. The van der Waals surface area contributed by atoms with Crippen molar-refractivity contribution in [2.45, 2.75) is 13.0 Å². The highest BCUT2D eigenvalue weighted by atomic mass is 19.1. The first-order valence-corrected chi connectivity index (χ1v) is 10.6. The molecule has 0 aliphatic rings. The zero-order valence-corrected chi connectivity index (χ0v) is 18.0. The third kappa shape index (κ3) is 4.01. The number of benzene rings is 3. The molecule has 2 heterocycles. The predicted octanol–water partition coefficient (Wildman–Crippen LogP) is 4.26. The highest BCUT2D eigenvalue weighted by Gasteiger charge is 2.14. The second-order valence-corrected chi connectivity index (χ2v) is 7.96. The van der Waals surface area contributed by atoms with Crippen LogP contribution in [0.2, 0.25) is 0 Å². The average Bonchev–Trinajstić information content (AvgIpc) is 3.21. The second-order valence-electron chi connectivity index (χ2n) is 7.96. The summed E-state index contributed by atoms with van der Waals surface area (Å²) in [5.74, 6) is -0.492. The number of amides is 1. The van der Waals surface area contributed by atoms with Crippen molar-refractivity contribution in [2.24, 2.45) is 7.05 Å². The van der Waals surface area contributed by atoms with Crippen LogP contribution >= 0.6 is 0 Å². The highest BCUT2D eigenvalue weighted by molar-refractivity contribution is 6.03. The smallest absolute Gasteiger partial charge is 0.274 e. The van der Waals surface area contributed by atoms with E-state index in [-0.39, 0.29) is 23.7 Å². The number of anilines is 1. The molecule has 1 amide bonds. The first-order chi connectivity index (χ1) is 16.0. The minimum atomic E-state index is -0.267. The number of hydrogen-bond donors (Lipinski definition) is 1. The van der Waals surface area contributed by atoms with E-state index in [0.29, 0.717) is 28.7 Å². The van der Waals surface area contributed by atoms with Gasteiger partial charge >= 0.3 is 0 Å². The number of aryl methyl sites for hydroxylation is 1. The van der Waals surface area contributed by atoms with Gasteiger partial charge in [-0.15, -0.1) is 0 Å². The monoisotopic (exact) mass is 440 g/mol. The van der Waals surface area contributed by atoms with Crippen LogP contribution in [0, 0.1) is 5.82 Å². The molecule has 6 nitrogen and oxygen atoms in total. The van der Waals surface area contributed by atoms with Crippen LogP contribution < -0.4 is 10.9 Å². The molecular formula is C26H21FN4O2. The molecule has 7 heteroatoms. The highest BCUT2D eigenvalue weighted by Crippen LogP contribution is 2.26. The van der Waals surface area contributed by atoms with Crippen molar-refractivity contribution in [3.8, 4) is 0 Å². The summed E-state index contributed by atoms with van der Waals surface area (Å²) in [6.07, 6.45) is 1.96. The quantitative estimate of drug-likeness (QED) is 0.444. The summed E-state index contributed by atoms with van der Waals surface area (Å²) in [5.41, 5.74) is 2.82. The minimum Gasteiger partial charge on any atom is -0.343 e. The number of fused-ring (bicyclic) bond motifs is 2. The number of rotatable bonds is 5. The molecule has 33 heavy (non-hydrogen) atoms. The summed E-state index contributed by atoms with van der Waals surface area (Å²) in [4.78, 5) is 25.2. The van der Waals surface area contributed by atoms with Crippen LogP contribution in [0.4, 0.5) is 10.1 Å². The van der Waals surface area contributed by atoms with Crippen LogP contribution in [-0.4, -0.2) is 20.3 Å². The second kappa shape index (κ2) is 8.35. The third-order valence-electron chi connectivity index (χ3n) is 5.69. The van der Waals surface area contributed by atoms with Crippen LogP contribution in [-0.2, 0) is 24.8 Å². The zero-order chi connectivity index (χ0) is 22.9. The number of nitrogens with zero attached hydrogens (tertiary/aromatic N) is 3. The molecule has 5 rings (SSSR count). The van der Waals surface area contributed by atoms with E-state index < -0.39 is 0 Å². The third-order valence-corrected chi connectivity index (χ3v) is 5.69. The molecule has 1 N–H and O–H groups in total. The summed E-state index contributed by atoms with van der Waals surface area (Å²) in [5, 5.41) is 9.39. The van der Waals surface area contributed by atoms with Crippen LogP contribution in [0.3, 0.4) is 0 Å². The lowest BCUT2D eigenvalue weighted by Crippen LogP contribution is -2.24. The van der Waals surface area contributed by atoms with Crippen molar-refractivity contribution < 1.29 is 9.18 Å². The van der Waals surface area contributed by atoms with Gasteiger partial charge in [-0.2, -0.15) is 5.10 Å². The molecule has 0 radical (unpaired) electrons. The fraction of sp³-hybridized carbons (Fsp3) is 0.115. The fourth-order valence-electron chi connectivity index (χ4n) is 4.16. The van der Waals surface area contributed by atoms with E-state index in [2.05, 4.69) is 10.4 Å². The summed E-state index contributed by atoms with van der Waals surface area (Å²) in [6.45, 7) is 0.520. The number of carbonyl (C=O) groups excluding carboxylic acids is 1. The molecule has 5 aromatic rings. The molecule has 0 saturated carbocycles. The molecule has 0 fully saturated rings. The van der Waals surface area contributed by atoms with Gasteiger partial charge in [0, 0.05) is 30.6 Å². The Labute approximate surface area is 188 Å². The van der Waals surface area contributed by atoms with Gasteiger partial charge in [0.2, 0.25) is 5.91 Å². The van der Waals surface area contributed by atoms with E-state index in [1.807, 2.05) is 47.2 Å². The van der Waals surface area contributed by atoms with E-state index in [4.69, 9.17) is 0 Å². The molecule has 3 aromatic carbocycles. The summed E-state index contributed by atoms with van der Waals surface area (Å²) >= 11 is 0. The molecule has 0 aliphatic heterocycles. The lowest BCUT2D eigenvalue weighted by molar-refractivity contribution is -0.115. The maximum atomic E-state index is 13.6. The number of aromatic nitrogens is 3. The summed E-state index contributed by atoms with van der Waals surface area (Å²) in [6, 6.07) is 21.3. The molecule has 0 bridgehead atoms. The summed E-state index contributed by atoms with van der Waals surface area (Å²) < 4.78 is 16.8. The van der Waals surface area contributed by atoms with Gasteiger partial charge in [-0.1, -0.05) is 36.4 Å². The molecule has 0 aliphatic carbocycles. The van der Waals surface area contributed by atoms with Crippen molar-refractivity contribution in [3.05, 3.63) is 106 Å². The molecule has 0 atom stereocenters. The van der Waals surface area contributed by atoms with Gasteiger partial charge < -0.3 is 9.88 Å². The van der Waals surface area contributed by atoms with Crippen LogP contribution in [0.15, 0.2) is 83.8 Å². The van der Waals surface area contributed by atoms with E-state index in [1.165, 1.54) is 16.8 Å². The first kappa shape index (κ1) is 20.6. The van der Waals surface area contributed by atoms with Gasteiger partial charge in [-0.3, -0.25) is 9.59 Å². The standard InChI is InChI=1S/C26H21FN4O2/c1-30-26(33)20-9-3-2-8-19(20)23(29-30)15-25(32)28-22-10-5-11-24-21(22)12-13-31(24)16-17-6-4-7-18(27)14-17/h2-14H,15-16H2,1H3,(H,28,32). The lowest BCUT2D eigenvalue weighted by atomic mass is 10.1. The molecule has 164 valence electrons. The SMILES string of the molecule is Cn1nc(CC(=O)Nc2cccc3c2ccn3Cc2cccc(F)c2)c2ccccc2c1=O. The maximum Gasteiger partial charge on any atom is 0.274 e. The van der Waals surface area contributed by atoms with Crippen molar-refractivity contribution in [3.63, 3.8) is 0 Å². The largest absolute Gasteiger partial charge is 0.343 e. The van der Waals surface area contributed by atoms with Gasteiger partial charge in [0.05, 0.1) is 28.7 Å². The number of carbonyl (C=O) groups is 1.